The Bertz CT molecular complexity index is 1300. The second-order valence-electron chi connectivity index (χ2n) is 7.60. The number of nitrogens with one attached hydrogen (secondary N) is 2. The van der Waals surface area contributed by atoms with Crippen LogP contribution in [-0.4, -0.2) is 27.5 Å². The molecule has 34 heavy (non-hydrogen) atoms. The van der Waals surface area contributed by atoms with Crippen molar-refractivity contribution in [3.63, 3.8) is 0 Å². The van der Waals surface area contributed by atoms with E-state index in [-0.39, 0.29) is 21.0 Å². The van der Waals surface area contributed by atoms with Gasteiger partial charge in [-0.25, -0.2) is 13.9 Å². The molecule has 3 aromatic rings. The number of carbonyl (C=O) groups excluding carboxylic acids is 1. The summed E-state index contributed by atoms with van der Waals surface area (Å²) >= 11 is 0.656. The number of amides is 1. The molecule has 1 aliphatic rings. The van der Waals surface area contributed by atoms with Gasteiger partial charge >= 0.3 is 6.18 Å². The first-order valence-electron chi connectivity index (χ1n) is 9.84. The van der Waals surface area contributed by atoms with Crippen molar-refractivity contribution in [2.24, 2.45) is 5.92 Å². The second-order valence-corrected chi connectivity index (χ2v) is 10.6. The van der Waals surface area contributed by atoms with E-state index >= 15 is 0 Å². The number of hydrogen-bond donors (Lipinski definition) is 3. The van der Waals surface area contributed by atoms with E-state index in [9.17, 15) is 36.2 Å². The zero-order valence-corrected chi connectivity index (χ0v) is 18.8. The first kappa shape index (κ1) is 24.4. The molecule has 1 aliphatic carbocycles. The Morgan fingerprint density at radius 2 is 1.85 bits per heavy atom. The predicted molar refractivity (Wildman–Crippen MR) is 115 cm³/mol. The van der Waals surface area contributed by atoms with Crippen molar-refractivity contribution in [1.29, 1.82) is 0 Å². The van der Waals surface area contributed by atoms with Gasteiger partial charge in [-0.05, 0) is 55.2 Å². The summed E-state index contributed by atoms with van der Waals surface area (Å²) in [5, 5.41) is 11.6. The first-order chi connectivity index (χ1) is 15.9. The Morgan fingerprint density at radius 1 is 1.12 bits per heavy atom. The van der Waals surface area contributed by atoms with Crippen LogP contribution in [0.25, 0.3) is 10.6 Å². The first-order valence-corrected chi connectivity index (χ1v) is 12.3. The third-order valence-electron chi connectivity index (χ3n) is 5.01. The molecule has 0 spiro atoms. The van der Waals surface area contributed by atoms with E-state index in [0.717, 1.165) is 37.1 Å². The molecular weight excluding hydrogens is 502 g/mol. The van der Waals surface area contributed by atoms with Gasteiger partial charge in [0.25, 0.3) is 13.4 Å². The fraction of sp³-hybridized carbons (Fsp3) is 0.250. The molecule has 1 atom stereocenters. The van der Waals surface area contributed by atoms with Crippen molar-refractivity contribution < 1.29 is 36.2 Å². The Morgan fingerprint density at radius 3 is 2.50 bits per heavy atom. The maximum Gasteiger partial charge on any atom is 0.416 e. The standard InChI is InChI=1S/C20H16F5N4O3PS/c21-15-6-4-12(33(31,32)26-9-10-1-2-10)8-14(15)17(30)27-19-29-28-18(34-19)13-5-3-11(7-16(13)22)20(23,24)25/h3-8,10H,1-2,9H2,(H2,26,31,32)(H,27,29,30). The number of alkyl halides is 3. The Hall–Kier alpha value is -2.73. The van der Waals surface area contributed by atoms with Crippen LogP contribution in [0.2, 0.25) is 0 Å². The number of halogens is 5. The van der Waals surface area contributed by atoms with Gasteiger partial charge in [0.1, 0.15) is 11.6 Å². The van der Waals surface area contributed by atoms with Crippen LogP contribution in [-0.2, 0) is 10.7 Å². The van der Waals surface area contributed by atoms with Gasteiger partial charge in [-0.2, -0.15) is 13.2 Å². The highest BCUT2D eigenvalue weighted by Crippen LogP contribution is 2.38. The van der Waals surface area contributed by atoms with E-state index < -0.39 is 42.4 Å². The number of aromatic nitrogens is 2. The van der Waals surface area contributed by atoms with Gasteiger partial charge in [-0.3, -0.25) is 14.7 Å². The molecule has 3 N–H and O–H groups in total. The second kappa shape index (κ2) is 9.14. The fourth-order valence-electron chi connectivity index (χ4n) is 2.95. The normalized spacial score (nSPS) is 15.7. The van der Waals surface area contributed by atoms with Crippen molar-refractivity contribution in [2.75, 3.05) is 11.9 Å². The molecule has 180 valence electrons. The van der Waals surface area contributed by atoms with Gasteiger partial charge in [0.05, 0.1) is 16.4 Å². The molecule has 0 aliphatic heterocycles. The highest BCUT2D eigenvalue weighted by atomic mass is 32.1. The summed E-state index contributed by atoms with van der Waals surface area (Å²) in [6.45, 7) is 0.320. The Balaban J connectivity index is 1.51. The van der Waals surface area contributed by atoms with Crippen LogP contribution in [0.3, 0.4) is 0 Å². The minimum atomic E-state index is -4.72. The lowest BCUT2D eigenvalue weighted by atomic mass is 10.1. The summed E-state index contributed by atoms with van der Waals surface area (Å²) in [6.07, 6.45) is -2.82. The SMILES string of the molecule is O=C(Nc1nnc(-c2ccc(C(F)(F)F)cc2F)s1)c1cc(P(=O)(O)NCC2CC2)ccc1F. The maximum absolute atomic E-state index is 14.3. The molecule has 4 rings (SSSR count). The largest absolute Gasteiger partial charge is 0.416 e. The van der Waals surface area contributed by atoms with Crippen molar-refractivity contribution in [3.8, 4) is 10.6 Å². The summed E-state index contributed by atoms with van der Waals surface area (Å²) < 4.78 is 79.1. The zero-order chi connectivity index (χ0) is 24.7. The number of hydrogen-bond acceptors (Lipinski definition) is 5. The van der Waals surface area contributed by atoms with Crippen molar-refractivity contribution in [2.45, 2.75) is 19.0 Å². The lowest BCUT2D eigenvalue weighted by molar-refractivity contribution is -0.137. The summed E-state index contributed by atoms with van der Waals surface area (Å²) in [5.74, 6) is -2.83. The van der Waals surface area contributed by atoms with Crippen LogP contribution in [0.15, 0.2) is 36.4 Å². The molecule has 0 bridgehead atoms. The molecule has 1 heterocycles. The number of carbonyl (C=O) groups is 1. The third kappa shape index (κ3) is 5.49. The Kier molecular flexibility index (Phi) is 6.56. The number of nitrogens with zero attached hydrogens (tertiary/aromatic N) is 2. The topological polar surface area (TPSA) is 104 Å². The van der Waals surface area contributed by atoms with E-state index in [1.807, 2.05) is 0 Å². The van der Waals surface area contributed by atoms with E-state index in [0.29, 0.717) is 35.9 Å². The molecular formula is C20H16F5N4O3PS. The minimum Gasteiger partial charge on any atom is -0.330 e. The van der Waals surface area contributed by atoms with Gasteiger partial charge in [0.15, 0.2) is 5.01 Å². The van der Waals surface area contributed by atoms with Crippen LogP contribution >= 0.6 is 18.9 Å². The van der Waals surface area contributed by atoms with Crippen molar-refractivity contribution >= 4 is 35.2 Å². The minimum absolute atomic E-state index is 0.111. The van der Waals surface area contributed by atoms with Gasteiger partial charge in [0, 0.05) is 12.1 Å². The summed E-state index contributed by atoms with van der Waals surface area (Å²) in [6, 6.07) is 4.83. The van der Waals surface area contributed by atoms with Gasteiger partial charge < -0.3 is 4.89 Å². The molecule has 1 amide bonds. The average Bonchev–Trinajstić information content (AvgIpc) is 3.49. The summed E-state index contributed by atoms with van der Waals surface area (Å²) in [7, 11) is -4.03. The molecule has 1 aromatic heterocycles. The van der Waals surface area contributed by atoms with Crippen molar-refractivity contribution in [3.05, 3.63) is 59.2 Å². The quantitative estimate of drug-likeness (QED) is 0.313. The lowest BCUT2D eigenvalue weighted by Crippen LogP contribution is -2.23. The number of anilines is 1. The van der Waals surface area contributed by atoms with Crippen LogP contribution < -0.4 is 15.7 Å². The molecule has 1 fully saturated rings. The average molecular weight is 518 g/mol. The predicted octanol–water partition coefficient (Wildman–Crippen LogP) is 4.56. The summed E-state index contributed by atoms with van der Waals surface area (Å²) in [5.41, 5.74) is -1.96. The van der Waals surface area contributed by atoms with Gasteiger partial charge in [-0.15, -0.1) is 10.2 Å². The smallest absolute Gasteiger partial charge is 0.330 e. The van der Waals surface area contributed by atoms with Crippen LogP contribution in [0.4, 0.5) is 27.1 Å². The van der Waals surface area contributed by atoms with Gasteiger partial charge in [-0.1, -0.05) is 11.3 Å². The monoisotopic (exact) mass is 518 g/mol. The zero-order valence-electron chi connectivity index (χ0n) is 17.1. The lowest BCUT2D eigenvalue weighted by Gasteiger charge is -2.14. The number of benzene rings is 2. The molecule has 7 nitrogen and oxygen atoms in total. The highest BCUT2D eigenvalue weighted by Gasteiger charge is 2.32. The van der Waals surface area contributed by atoms with Crippen LogP contribution in [0.5, 0.6) is 0 Å². The van der Waals surface area contributed by atoms with Crippen LogP contribution in [0.1, 0.15) is 28.8 Å². The third-order valence-corrected chi connectivity index (χ3v) is 7.47. The van der Waals surface area contributed by atoms with E-state index in [2.05, 4.69) is 20.6 Å². The van der Waals surface area contributed by atoms with Gasteiger partial charge in [0.2, 0.25) is 5.13 Å². The van der Waals surface area contributed by atoms with E-state index in [1.165, 1.54) is 0 Å². The molecule has 14 heteroatoms. The van der Waals surface area contributed by atoms with E-state index in [4.69, 9.17) is 0 Å². The number of rotatable bonds is 7. The molecule has 0 radical (unpaired) electrons. The molecule has 1 unspecified atom stereocenters. The Labute approximate surface area is 193 Å². The van der Waals surface area contributed by atoms with Crippen molar-refractivity contribution in [1.82, 2.24) is 15.3 Å². The summed E-state index contributed by atoms with van der Waals surface area (Å²) in [4.78, 5) is 22.8. The molecule has 0 saturated heterocycles. The highest BCUT2D eigenvalue weighted by molar-refractivity contribution is 7.64. The maximum atomic E-state index is 14.3. The van der Waals surface area contributed by atoms with Crippen LogP contribution in [0, 0.1) is 17.6 Å². The fourth-order valence-corrected chi connectivity index (χ4v) is 4.99. The van der Waals surface area contributed by atoms with E-state index in [1.54, 1.807) is 0 Å². The molecule has 2 aromatic carbocycles. The molecule has 1 saturated carbocycles.